The van der Waals surface area contributed by atoms with Gasteiger partial charge in [0.05, 0.1) is 7.11 Å². The minimum absolute atomic E-state index is 0.186. The van der Waals surface area contributed by atoms with Gasteiger partial charge in [-0.3, -0.25) is 4.79 Å². The Bertz CT molecular complexity index is 301. The van der Waals surface area contributed by atoms with Crippen molar-refractivity contribution in [3.63, 3.8) is 0 Å². The van der Waals surface area contributed by atoms with Crippen LogP contribution in [0, 0.1) is 0 Å². The number of ether oxygens (including phenoxy) is 1. The second kappa shape index (κ2) is 5.58. The lowest BCUT2D eigenvalue weighted by molar-refractivity contribution is -0.144. The van der Waals surface area contributed by atoms with Crippen LogP contribution in [-0.4, -0.2) is 43.1 Å². The SMILES string of the molecule is COC(=O)C(C)N(C)P(=S)(OC)C(C)(C)C. The number of hydrogen-bond acceptors (Lipinski definition) is 4. The van der Waals surface area contributed by atoms with Crippen molar-refractivity contribution in [2.45, 2.75) is 38.9 Å². The highest BCUT2D eigenvalue weighted by atomic mass is 32.4. The molecule has 0 aromatic carbocycles. The third-order valence-electron chi connectivity index (χ3n) is 2.61. The average molecular weight is 267 g/mol. The summed E-state index contributed by atoms with van der Waals surface area (Å²) in [5, 5.41) is -0.186. The van der Waals surface area contributed by atoms with E-state index in [-0.39, 0.29) is 11.1 Å². The molecule has 0 N–H and O–H groups in total. The molecule has 0 heterocycles. The number of rotatable bonds is 4. The summed E-state index contributed by atoms with van der Waals surface area (Å²) in [4.78, 5) is 11.5. The Morgan fingerprint density at radius 2 is 1.81 bits per heavy atom. The van der Waals surface area contributed by atoms with E-state index in [1.165, 1.54) is 7.11 Å². The summed E-state index contributed by atoms with van der Waals surface area (Å²) < 4.78 is 12.1. The third kappa shape index (κ3) is 3.04. The second-order valence-corrected chi connectivity index (χ2v) is 9.51. The van der Waals surface area contributed by atoms with Crippen LogP contribution in [0.1, 0.15) is 27.7 Å². The highest BCUT2D eigenvalue weighted by molar-refractivity contribution is 8.11. The van der Waals surface area contributed by atoms with E-state index in [0.717, 1.165) is 0 Å². The lowest BCUT2D eigenvalue weighted by Crippen LogP contribution is -2.39. The van der Waals surface area contributed by atoms with Gasteiger partial charge < -0.3 is 9.26 Å². The zero-order valence-electron chi connectivity index (χ0n) is 11.1. The smallest absolute Gasteiger partial charge is 0.323 e. The molecule has 0 aliphatic rings. The van der Waals surface area contributed by atoms with Gasteiger partial charge in [-0.15, -0.1) is 0 Å². The maximum Gasteiger partial charge on any atom is 0.323 e. The first-order valence-corrected chi connectivity index (χ1v) is 7.76. The molecule has 6 heteroatoms. The number of hydrogen-bond donors (Lipinski definition) is 0. The number of carbonyl (C=O) groups excluding carboxylic acids is 1. The van der Waals surface area contributed by atoms with E-state index in [0.29, 0.717) is 0 Å². The summed E-state index contributed by atoms with van der Waals surface area (Å²) in [6, 6.07) is -0.394. The first-order chi connectivity index (χ1) is 7.11. The lowest BCUT2D eigenvalue weighted by Gasteiger charge is -2.42. The molecule has 0 saturated carbocycles. The number of esters is 1. The molecular formula is C10H22NO3PS. The van der Waals surface area contributed by atoms with Crippen LogP contribution < -0.4 is 0 Å². The fourth-order valence-electron chi connectivity index (χ4n) is 1.43. The van der Waals surface area contributed by atoms with Crippen molar-refractivity contribution < 1.29 is 14.1 Å². The predicted molar refractivity (Wildman–Crippen MR) is 70.3 cm³/mol. The molecule has 2 atom stereocenters. The van der Waals surface area contributed by atoms with Crippen LogP contribution in [0.3, 0.4) is 0 Å². The van der Waals surface area contributed by atoms with Gasteiger partial charge >= 0.3 is 5.97 Å². The van der Waals surface area contributed by atoms with Crippen LogP contribution in [0.2, 0.25) is 0 Å². The molecule has 0 bridgehead atoms. The quantitative estimate of drug-likeness (QED) is 0.577. The van der Waals surface area contributed by atoms with E-state index in [2.05, 4.69) is 0 Å². The Morgan fingerprint density at radius 3 is 2.06 bits per heavy atom. The molecule has 0 fully saturated rings. The summed E-state index contributed by atoms with van der Waals surface area (Å²) in [5.41, 5.74) is 0. The maximum atomic E-state index is 11.5. The molecule has 0 amide bonds. The Labute approximate surface area is 103 Å². The van der Waals surface area contributed by atoms with Gasteiger partial charge in [0, 0.05) is 12.3 Å². The summed E-state index contributed by atoms with van der Waals surface area (Å²) in [6.07, 6.45) is -2.23. The fraction of sp³-hybridized carbons (Fsp3) is 0.900. The fourth-order valence-corrected chi connectivity index (χ4v) is 4.15. The van der Waals surface area contributed by atoms with E-state index >= 15 is 0 Å². The standard InChI is InChI=1S/C10H22NO3PS/c1-8(9(12)13-6)11(5)15(16,14-7)10(2,3)4/h8H,1-7H3. The highest BCUT2D eigenvalue weighted by Crippen LogP contribution is 2.61. The van der Waals surface area contributed by atoms with Crippen LogP contribution >= 0.6 is 6.42 Å². The summed E-state index contributed by atoms with van der Waals surface area (Å²) in [7, 11) is 4.80. The Kier molecular flexibility index (Phi) is 5.60. The third-order valence-corrected chi connectivity index (χ3v) is 8.84. The minimum Gasteiger partial charge on any atom is -0.468 e. The minimum atomic E-state index is -2.23. The molecule has 0 radical (unpaired) electrons. The number of carbonyl (C=O) groups is 1. The molecule has 0 saturated heterocycles. The van der Waals surface area contributed by atoms with E-state index in [4.69, 9.17) is 21.1 Å². The van der Waals surface area contributed by atoms with Crippen LogP contribution in [0.5, 0.6) is 0 Å². The van der Waals surface area contributed by atoms with Crippen molar-refractivity contribution >= 4 is 24.2 Å². The van der Waals surface area contributed by atoms with Crippen molar-refractivity contribution in [1.29, 1.82) is 0 Å². The van der Waals surface area contributed by atoms with E-state index in [1.54, 1.807) is 14.0 Å². The van der Waals surface area contributed by atoms with Crippen LogP contribution in [0.25, 0.3) is 0 Å². The largest absolute Gasteiger partial charge is 0.468 e. The van der Waals surface area contributed by atoms with Gasteiger partial charge in [0.25, 0.3) is 0 Å². The zero-order chi connectivity index (χ0) is 13.1. The predicted octanol–water partition coefficient (Wildman–Crippen LogP) is 2.23. The van der Waals surface area contributed by atoms with Crippen LogP contribution in [0.4, 0.5) is 0 Å². The Morgan fingerprint density at radius 1 is 1.38 bits per heavy atom. The molecule has 0 aliphatic carbocycles. The lowest BCUT2D eigenvalue weighted by atomic mass is 10.3. The van der Waals surface area contributed by atoms with E-state index in [9.17, 15) is 4.79 Å². The molecule has 0 aromatic heterocycles. The molecule has 0 rings (SSSR count). The zero-order valence-corrected chi connectivity index (χ0v) is 12.8. The Hall–Kier alpha value is 0.0400. The highest BCUT2D eigenvalue weighted by Gasteiger charge is 2.40. The molecule has 0 aromatic rings. The number of likely N-dealkylation sites (N-methyl/N-ethyl adjacent to an activating group) is 1. The van der Waals surface area contributed by atoms with E-state index < -0.39 is 12.5 Å². The van der Waals surface area contributed by atoms with Gasteiger partial charge in [0.1, 0.15) is 12.5 Å². The average Bonchev–Trinajstić information content (AvgIpc) is 2.22. The molecule has 0 aliphatic heterocycles. The van der Waals surface area contributed by atoms with Crippen LogP contribution in [-0.2, 0) is 25.9 Å². The topological polar surface area (TPSA) is 38.8 Å². The van der Waals surface area contributed by atoms with Gasteiger partial charge in [0.15, 0.2) is 0 Å². The van der Waals surface area contributed by atoms with E-state index in [1.807, 2.05) is 32.5 Å². The van der Waals surface area contributed by atoms with Gasteiger partial charge in [-0.25, -0.2) is 4.67 Å². The van der Waals surface area contributed by atoms with Gasteiger partial charge in [-0.2, -0.15) is 0 Å². The molecule has 4 nitrogen and oxygen atoms in total. The normalized spacial score (nSPS) is 18.0. The molecule has 2 unspecified atom stereocenters. The van der Waals surface area contributed by atoms with Crippen molar-refractivity contribution in [2.75, 3.05) is 21.3 Å². The Balaban J connectivity index is 5.14. The summed E-state index contributed by atoms with van der Waals surface area (Å²) in [5.74, 6) is -0.293. The van der Waals surface area contributed by atoms with Crippen molar-refractivity contribution in [3.8, 4) is 0 Å². The number of methoxy groups -OCH3 is 1. The molecule has 96 valence electrons. The van der Waals surface area contributed by atoms with Crippen LogP contribution in [0.15, 0.2) is 0 Å². The first kappa shape index (κ1) is 16.0. The molecule has 0 spiro atoms. The summed E-state index contributed by atoms with van der Waals surface area (Å²) in [6.45, 7) is 7.85. The number of nitrogens with zero attached hydrogens (tertiary/aromatic N) is 1. The molecular weight excluding hydrogens is 245 g/mol. The monoisotopic (exact) mass is 267 g/mol. The van der Waals surface area contributed by atoms with Crippen molar-refractivity contribution in [3.05, 3.63) is 0 Å². The maximum absolute atomic E-state index is 11.5. The second-order valence-electron chi connectivity index (χ2n) is 4.65. The van der Waals surface area contributed by atoms with Gasteiger partial charge in [-0.05, 0) is 25.8 Å². The molecule has 16 heavy (non-hydrogen) atoms. The van der Waals surface area contributed by atoms with Gasteiger partial charge in [-0.1, -0.05) is 20.8 Å². The van der Waals surface area contributed by atoms with Crippen molar-refractivity contribution in [2.24, 2.45) is 0 Å². The first-order valence-electron chi connectivity index (χ1n) is 5.08. The van der Waals surface area contributed by atoms with Crippen molar-refractivity contribution in [1.82, 2.24) is 4.67 Å². The summed E-state index contributed by atoms with van der Waals surface area (Å²) >= 11 is 5.61. The van der Waals surface area contributed by atoms with Gasteiger partial charge in [0.2, 0.25) is 0 Å².